The van der Waals surface area contributed by atoms with Crippen LogP contribution in [0.2, 0.25) is 0 Å². The summed E-state index contributed by atoms with van der Waals surface area (Å²) in [6.07, 6.45) is 0. The second-order valence-electron chi connectivity index (χ2n) is 0.756. The third-order valence-corrected chi connectivity index (χ3v) is 0. The van der Waals surface area contributed by atoms with Gasteiger partial charge in [-0.3, -0.25) is 0 Å². The summed E-state index contributed by atoms with van der Waals surface area (Å²) in [5.41, 5.74) is 0. The molecule has 0 aliphatic heterocycles. The fraction of sp³-hybridized carbons (Fsp3) is 0. The Kier molecular flexibility index (Phi) is 10.7. The van der Waals surface area contributed by atoms with Crippen LogP contribution in [0, 0.1) is 20.5 Å². The van der Waals surface area contributed by atoms with Gasteiger partial charge in [-0.2, -0.15) is 0 Å². The topological polar surface area (TPSA) is 184 Å². The third-order valence-electron chi connectivity index (χ3n) is 0. The van der Waals surface area contributed by atoms with Crippen LogP contribution in [-0.4, -0.2) is 23.1 Å². The summed E-state index contributed by atoms with van der Waals surface area (Å²) in [7, 11) is -9.89. The van der Waals surface area contributed by atoms with Crippen molar-refractivity contribution in [2.75, 3.05) is 0 Å². The van der Waals surface area contributed by atoms with Crippen LogP contribution in [0.5, 0.6) is 0 Å². The minimum atomic E-state index is -4.94. The summed E-state index contributed by atoms with van der Waals surface area (Å²) < 4.78 is 67.9. The van der Waals surface area contributed by atoms with E-state index in [9.17, 15) is 0 Å². The second kappa shape index (κ2) is 6.53. The maximum Gasteiger partial charge on any atom is 2.00 e. The van der Waals surface area contributed by atoms with Gasteiger partial charge in [-0.1, -0.05) is 0 Å². The van der Waals surface area contributed by atoms with Gasteiger partial charge in [0.2, 0.25) is 0 Å². The van der Waals surface area contributed by atoms with E-state index in [1.54, 1.807) is 0 Å². The summed E-state index contributed by atoms with van der Waals surface area (Å²) >= 11 is 0. The Morgan fingerprint density at radius 1 is 0.455 bits per heavy atom. The predicted molar refractivity (Wildman–Crippen MR) is 5.75 cm³/mol. The van der Waals surface area contributed by atoms with Crippen LogP contribution >= 0.6 is 0 Å². The summed E-state index contributed by atoms with van der Waals surface area (Å²) in [5.74, 6) is 0. The average Bonchev–Trinajstić information content (AvgIpc) is 1.12. The molecular weight excluding hydrogens is 223 g/mol. The van der Waals surface area contributed by atoms with Gasteiger partial charge >= 0.3 is 23.1 Å². The zero-order valence-electron chi connectivity index (χ0n) is 4.73. The Morgan fingerprint density at radius 3 is 0.455 bits per heavy atom. The molecule has 0 fully saturated rings. The number of halogens is 2. The van der Waals surface area contributed by atoms with Crippen LogP contribution in [0.15, 0.2) is 0 Å². The van der Waals surface area contributed by atoms with E-state index in [4.69, 9.17) is 37.3 Å². The first-order valence-corrected chi connectivity index (χ1v) is 3.70. The first kappa shape index (κ1) is 17.9. The molecule has 0 heterocycles. The molecule has 0 atom stereocenters. The van der Waals surface area contributed by atoms with Crippen molar-refractivity contribution in [2.45, 2.75) is 0 Å². The van der Waals surface area contributed by atoms with E-state index < -0.39 is 20.5 Å². The van der Waals surface area contributed by atoms with Gasteiger partial charge in [0.05, 0.1) is 0 Å². The Morgan fingerprint density at radius 2 is 0.455 bits per heavy atom. The van der Waals surface area contributed by atoms with Gasteiger partial charge in [0, 0.05) is 0 Å². The predicted octanol–water partition coefficient (Wildman–Crippen LogP) is -9.89. The maximum absolute atomic E-state index is 8.49. The molecule has 0 unspecified atom stereocenters. The zero-order valence-corrected chi connectivity index (χ0v) is 7.66. The smallest absolute Gasteiger partial charge is 0.222 e. The quantitative estimate of drug-likeness (QED) is 0.362. The summed E-state index contributed by atoms with van der Waals surface area (Å²) in [4.78, 5) is 0. The number of hydrogen-bond donors (Lipinski definition) is 0. The molecule has 0 aliphatic rings. The van der Waals surface area contributed by atoms with Gasteiger partial charge < -0.3 is 0 Å². The Bertz CT molecular complexity index is 55.1. The van der Waals surface area contributed by atoms with Crippen LogP contribution < -0.4 is 37.3 Å². The monoisotopic (exact) mass is 222 g/mol. The molecule has 0 aromatic carbocycles. The molecule has 0 aromatic rings. The minimum absolute atomic E-state index is 0. The molecule has 64 valence electrons. The van der Waals surface area contributed by atoms with Crippen LogP contribution in [0.25, 0.3) is 0 Å². The van der Waals surface area contributed by atoms with Crippen molar-refractivity contribution in [3.05, 3.63) is 0 Å². The van der Waals surface area contributed by atoms with Gasteiger partial charge in [-0.25, -0.2) is 37.3 Å². The van der Waals surface area contributed by atoms with Crippen LogP contribution in [-0.2, 0) is 0 Å². The maximum atomic E-state index is 8.49. The van der Waals surface area contributed by atoms with Crippen molar-refractivity contribution in [3.63, 3.8) is 0 Å². The Hall–Kier alpha value is 1.03. The fourth-order valence-corrected chi connectivity index (χ4v) is 0. The molecule has 0 saturated heterocycles. The molecule has 0 spiro atoms. The normalized spacial score (nSPS) is 10.9. The van der Waals surface area contributed by atoms with E-state index in [-0.39, 0.29) is 23.1 Å². The molecule has 0 aromatic heterocycles. The molecule has 0 radical (unpaired) electrons. The minimum Gasteiger partial charge on any atom is -0.222 e. The van der Waals surface area contributed by atoms with Gasteiger partial charge in [0.1, 0.15) is 0 Å². The molecule has 0 aliphatic carbocycles. The van der Waals surface area contributed by atoms with E-state index in [2.05, 4.69) is 0 Å². The van der Waals surface area contributed by atoms with Gasteiger partial charge in [-0.05, 0) is 0 Å². The summed E-state index contributed by atoms with van der Waals surface area (Å²) in [6, 6.07) is 0. The van der Waals surface area contributed by atoms with Crippen LogP contribution in [0.4, 0.5) is 0 Å². The van der Waals surface area contributed by atoms with Crippen molar-refractivity contribution in [1.29, 1.82) is 0 Å². The molecular formula is Cl2MgO8. The van der Waals surface area contributed by atoms with E-state index in [0.717, 1.165) is 0 Å². The summed E-state index contributed by atoms with van der Waals surface area (Å²) in [6.45, 7) is 0. The second-order valence-corrected chi connectivity index (χ2v) is 2.27. The Balaban J connectivity index is -0.000000107. The number of hydrogen-bond acceptors (Lipinski definition) is 8. The molecule has 0 rings (SSSR count). The molecule has 0 bridgehead atoms. The zero-order chi connectivity index (χ0) is 9.00. The van der Waals surface area contributed by atoms with Crippen molar-refractivity contribution in [1.82, 2.24) is 0 Å². The SMILES string of the molecule is [Mg+2].[O-][Cl+3]([O-])([O-])[O-].[O-][Cl+3]([O-])([O-])[O-]. The Labute approximate surface area is 80.9 Å². The summed E-state index contributed by atoms with van der Waals surface area (Å²) in [5, 5.41) is 0. The van der Waals surface area contributed by atoms with Crippen molar-refractivity contribution in [2.24, 2.45) is 0 Å². The standard InChI is InChI=1S/2ClHO4.Mg/c2*2-1(3,4)5;/h2*(H,2,3,4,5);/q;;+2/p-2. The fourth-order valence-electron chi connectivity index (χ4n) is 0. The van der Waals surface area contributed by atoms with Crippen molar-refractivity contribution in [3.8, 4) is 0 Å². The van der Waals surface area contributed by atoms with Gasteiger partial charge in [0.15, 0.2) is 0 Å². The molecule has 8 nitrogen and oxygen atoms in total. The first-order valence-electron chi connectivity index (χ1n) is 1.23. The van der Waals surface area contributed by atoms with E-state index in [1.807, 2.05) is 0 Å². The van der Waals surface area contributed by atoms with E-state index in [1.165, 1.54) is 0 Å². The van der Waals surface area contributed by atoms with Crippen molar-refractivity contribution >= 4 is 23.1 Å². The van der Waals surface area contributed by atoms with E-state index >= 15 is 0 Å². The van der Waals surface area contributed by atoms with Gasteiger partial charge in [-0.15, -0.1) is 20.5 Å². The van der Waals surface area contributed by atoms with E-state index in [0.29, 0.717) is 0 Å². The third kappa shape index (κ3) is 853. The van der Waals surface area contributed by atoms with Gasteiger partial charge in [0.25, 0.3) is 0 Å². The first-order chi connectivity index (χ1) is 4.00. The van der Waals surface area contributed by atoms with Crippen molar-refractivity contribution < 1.29 is 57.8 Å². The number of rotatable bonds is 0. The molecule has 0 saturated carbocycles. The molecule has 0 N–H and O–H groups in total. The largest absolute Gasteiger partial charge is 2.00 e. The molecule has 11 heteroatoms. The van der Waals surface area contributed by atoms with Crippen LogP contribution in [0.3, 0.4) is 0 Å². The molecule has 11 heavy (non-hydrogen) atoms. The average molecular weight is 223 g/mol. The molecule has 0 amide bonds. The van der Waals surface area contributed by atoms with Crippen LogP contribution in [0.1, 0.15) is 0 Å².